The third-order valence-electron chi connectivity index (χ3n) is 2.82. The van der Waals surface area contributed by atoms with Crippen molar-refractivity contribution in [3.63, 3.8) is 0 Å². The van der Waals surface area contributed by atoms with Crippen LogP contribution in [0, 0.1) is 11.2 Å². The van der Waals surface area contributed by atoms with Gasteiger partial charge in [-0.25, -0.2) is 4.39 Å². The lowest BCUT2D eigenvalue weighted by atomic mass is 9.79. The first-order valence-corrected chi connectivity index (χ1v) is 5.93. The van der Waals surface area contributed by atoms with Gasteiger partial charge >= 0.3 is 7.12 Å². The van der Waals surface area contributed by atoms with Gasteiger partial charge in [0.05, 0.1) is 5.52 Å². The van der Waals surface area contributed by atoms with Gasteiger partial charge in [-0.1, -0.05) is 32.9 Å². The Morgan fingerprint density at radius 1 is 1.22 bits per heavy atom. The van der Waals surface area contributed by atoms with Crippen LogP contribution in [-0.2, 0) is 6.54 Å². The topological polar surface area (TPSA) is 45.4 Å². The summed E-state index contributed by atoms with van der Waals surface area (Å²) in [4.78, 5) is 0. The summed E-state index contributed by atoms with van der Waals surface area (Å²) in [5, 5.41) is 19.0. The smallest absolute Gasteiger partial charge is 0.423 e. The summed E-state index contributed by atoms with van der Waals surface area (Å²) in [7, 11) is -1.78. The first kappa shape index (κ1) is 13.1. The minimum Gasteiger partial charge on any atom is -0.423 e. The molecule has 0 saturated heterocycles. The van der Waals surface area contributed by atoms with E-state index in [0.717, 1.165) is 5.39 Å². The maximum Gasteiger partial charge on any atom is 0.491 e. The SMILES string of the molecule is CC(C)(C)Cn1ccc2ccc(B(O)O)c(F)c21. The molecule has 1 aromatic heterocycles. The second-order valence-corrected chi connectivity index (χ2v) is 5.78. The van der Waals surface area contributed by atoms with Crippen LogP contribution in [0.15, 0.2) is 24.4 Å². The summed E-state index contributed by atoms with van der Waals surface area (Å²) in [6, 6.07) is 4.94. The number of hydrogen-bond acceptors (Lipinski definition) is 2. The van der Waals surface area contributed by atoms with Gasteiger partial charge in [0, 0.05) is 23.6 Å². The van der Waals surface area contributed by atoms with Crippen molar-refractivity contribution in [1.29, 1.82) is 0 Å². The fourth-order valence-electron chi connectivity index (χ4n) is 2.11. The molecule has 1 heterocycles. The summed E-state index contributed by atoms with van der Waals surface area (Å²) < 4.78 is 16.1. The van der Waals surface area contributed by atoms with Crippen LogP contribution < -0.4 is 5.46 Å². The summed E-state index contributed by atoms with van der Waals surface area (Å²) in [5.74, 6) is -0.559. The van der Waals surface area contributed by atoms with Crippen molar-refractivity contribution in [2.75, 3.05) is 0 Å². The van der Waals surface area contributed by atoms with Crippen LogP contribution in [-0.4, -0.2) is 21.7 Å². The second-order valence-electron chi connectivity index (χ2n) is 5.78. The maximum absolute atomic E-state index is 14.2. The minimum absolute atomic E-state index is 0.0201. The van der Waals surface area contributed by atoms with Crippen LogP contribution in [0.2, 0.25) is 0 Å². The Bertz CT molecular complexity index is 572. The molecule has 0 spiro atoms. The first-order chi connectivity index (χ1) is 8.29. The van der Waals surface area contributed by atoms with E-state index in [1.165, 1.54) is 6.07 Å². The Labute approximate surface area is 106 Å². The molecule has 0 aliphatic rings. The van der Waals surface area contributed by atoms with Crippen molar-refractivity contribution in [2.45, 2.75) is 27.3 Å². The zero-order valence-corrected chi connectivity index (χ0v) is 10.8. The van der Waals surface area contributed by atoms with E-state index < -0.39 is 12.9 Å². The minimum atomic E-state index is -1.78. The number of rotatable bonds is 2. The second kappa shape index (κ2) is 4.41. The highest BCUT2D eigenvalue weighted by Crippen LogP contribution is 2.23. The highest BCUT2D eigenvalue weighted by molar-refractivity contribution is 6.59. The van der Waals surface area contributed by atoms with Gasteiger partial charge < -0.3 is 14.6 Å². The summed E-state index contributed by atoms with van der Waals surface area (Å²) in [6.45, 7) is 6.88. The van der Waals surface area contributed by atoms with E-state index >= 15 is 0 Å². The van der Waals surface area contributed by atoms with Gasteiger partial charge in [0.1, 0.15) is 5.82 Å². The lowest BCUT2D eigenvalue weighted by Gasteiger charge is -2.20. The lowest BCUT2D eigenvalue weighted by Crippen LogP contribution is -2.33. The predicted molar refractivity (Wildman–Crippen MR) is 71.2 cm³/mol. The van der Waals surface area contributed by atoms with Crippen LogP contribution in [0.4, 0.5) is 4.39 Å². The van der Waals surface area contributed by atoms with Gasteiger partial charge in [0.25, 0.3) is 0 Å². The van der Waals surface area contributed by atoms with E-state index in [4.69, 9.17) is 10.0 Å². The number of fused-ring (bicyclic) bond motifs is 1. The molecule has 0 aliphatic heterocycles. The highest BCUT2D eigenvalue weighted by Gasteiger charge is 2.21. The fraction of sp³-hybridized carbons (Fsp3) is 0.385. The summed E-state index contributed by atoms with van der Waals surface area (Å²) >= 11 is 0. The van der Waals surface area contributed by atoms with Crippen molar-refractivity contribution in [2.24, 2.45) is 5.41 Å². The monoisotopic (exact) mass is 249 g/mol. The molecule has 0 fully saturated rings. The van der Waals surface area contributed by atoms with Crippen molar-refractivity contribution in [1.82, 2.24) is 4.57 Å². The average molecular weight is 249 g/mol. The van der Waals surface area contributed by atoms with Crippen molar-refractivity contribution in [3.8, 4) is 0 Å². The van der Waals surface area contributed by atoms with Crippen molar-refractivity contribution >= 4 is 23.5 Å². The molecule has 2 N–H and O–H groups in total. The molecule has 2 aromatic rings. The third kappa shape index (κ3) is 2.42. The summed E-state index contributed by atoms with van der Waals surface area (Å²) in [6.07, 6.45) is 1.83. The van der Waals surface area contributed by atoms with Crippen LogP contribution in [0.25, 0.3) is 10.9 Å². The predicted octanol–water partition coefficient (Wildman–Crippen LogP) is 1.51. The Morgan fingerprint density at radius 3 is 2.44 bits per heavy atom. The molecule has 2 rings (SSSR count). The number of aromatic nitrogens is 1. The van der Waals surface area contributed by atoms with Gasteiger partial charge in [0.15, 0.2) is 0 Å². The number of benzene rings is 1. The molecular weight excluding hydrogens is 232 g/mol. The Kier molecular flexibility index (Phi) is 3.21. The lowest BCUT2D eigenvalue weighted by molar-refractivity contribution is 0.348. The van der Waals surface area contributed by atoms with Crippen molar-refractivity contribution in [3.05, 3.63) is 30.2 Å². The molecule has 0 radical (unpaired) electrons. The Balaban J connectivity index is 2.59. The number of nitrogens with zero attached hydrogens (tertiary/aromatic N) is 1. The molecule has 96 valence electrons. The van der Waals surface area contributed by atoms with Gasteiger partial charge in [-0.3, -0.25) is 0 Å². The van der Waals surface area contributed by atoms with Crippen LogP contribution >= 0.6 is 0 Å². The van der Waals surface area contributed by atoms with E-state index in [-0.39, 0.29) is 10.9 Å². The molecule has 5 heteroatoms. The normalized spacial score (nSPS) is 12.1. The van der Waals surface area contributed by atoms with Crippen LogP contribution in [0.3, 0.4) is 0 Å². The first-order valence-electron chi connectivity index (χ1n) is 5.93. The third-order valence-corrected chi connectivity index (χ3v) is 2.82. The fourth-order valence-corrected chi connectivity index (χ4v) is 2.11. The van der Waals surface area contributed by atoms with E-state index in [1.807, 2.05) is 16.8 Å². The van der Waals surface area contributed by atoms with E-state index in [2.05, 4.69) is 20.8 Å². The van der Waals surface area contributed by atoms with E-state index in [0.29, 0.717) is 12.1 Å². The molecule has 3 nitrogen and oxygen atoms in total. The quantitative estimate of drug-likeness (QED) is 0.792. The molecule has 18 heavy (non-hydrogen) atoms. The zero-order chi connectivity index (χ0) is 13.5. The molecule has 0 bridgehead atoms. The van der Waals surface area contributed by atoms with E-state index in [9.17, 15) is 4.39 Å². The summed E-state index contributed by atoms with van der Waals surface area (Å²) in [5.41, 5.74) is 0.360. The van der Waals surface area contributed by atoms with Crippen molar-refractivity contribution < 1.29 is 14.4 Å². The molecular formula is C13H17BFNO2. The molecule has 0 saturated carbocycles. The number of halogens is 1. The van der Waals surface area contributed by atoms with Gasteiger partial charge in [0.2, 0.25) is 0 Å². The highest BCUT2D eigenvalue weighted by atomic mass is 19.1. The largest absolute Gasteiger partial charge is 0.491 e. The number of hydrogen-bond donors (Lipinski definition) is 2. The molecule has 0 atom stereocenters. The standard InChI is InChI=1S/C13H17BFNO2/c1-13(2,3)8-16-7-6-9-4-5-10(14(17)18)11(15)12(9)16/h4-7,17-18H,8H2,1-3H3. The van der Waals surface area contributed by atoms with Gasteiger partial charge in [-0.05, 0) is 11.5 Å². The van der Waals surface area contributed by atoms with Crippen LogP contribution in [0.1, 0.15) is 20.8 Å². The molecule has 1 aromatic carbocycles. The van der Waals surface area contributed by atoms with Gasteiger partial charge in [-0.2, -0.15) is 0 Å². The zero-order valence-electron chi connectivity index (χ0n) is 10.8. The maximum atomic E-state index is 14.2. The van der Waals surface area contributed by atoms with Crippen LogP contribution in [0.5, 0.6) is 0 Å². The molecule has 0 amide bonds. The average Bonchev–Trinajstić information content (AvgIpc) is 2.59. The van der Waals surface area contributed by atoms with E-state index in [1.54, 1.807) is 6.07 Å². The van der Waals surface area contributed by atoms with Gasteiger partial charge in [-0.15, -0.1) is 0 Å². The Hall–Kier alpha value is -1.33. The Morgan fingerprint density at radius 2 is 1.89 bits per heavy atom. The molecule has 0 aliphatic carbocycles. The molecule has 0 unspecified atom stereocenters.